The van der Waals surface area contributed by atoms with E-state index in [9.17, 15) is 0 Å². The third kappa shape index (κ3) is 3.13. The van der Waals surface area contributed by atoms with Gasteiger partial charge < -0.3 is 4.74 Å². The van der Waals surface area contributed by atoms with Gasteiger partial charge in [0.2, 0.25) is 0 Å². The van der Waals surface area contributed by atoms with Gasteiger partial charge in [0.05, 0.1) is 5.88 Å². The second-order valence-corrected chi connectivity index (χ2v) is 4.99. The smallest absolute Gasteiger partial charge is 0.126 e. The molecule has 0 aliphatic rings. The lowest BCUT2D eigenvalue weighted by atomic mass is 10.1. The Morgan fingerprint density at radius 1 is 1.13 bits per heavy atom. The van der Waals surface area contributed by atoms with Gasteiger partial charge in [-0.25, -0.2) is 0 Å². The maximum absolute atomic E-state index is 5.94. The standard InChI is InChI=1S/C13H19ClO/c1-9-6-10(2)12(11(3)7-9)15-13(4,5)8-14/h6-7H,8H2,1-5H3. The summed E-state index contributed by atoms with van der Waals surface area (Å²) >= 11 is 5.85. The van der Waals surface area contributed by atoms with Gasteiger partial charge in [0, 0.05) is 0 Å². The molecular weight excluding hydrogens is 208 g/mol. The molecule has 0 bridgehead atoms. The number of benzene rings is 1. The van der Waals surface area contributed by atoms with E-state index < -0.39 is 0 Å². The molecule has 0 spiro atoms. The van der Waals surface area contributed by atoms with Crippen molar-refractivity contribution >= 4 is 11.6 Å². The van der Waals surface area contributed by atoms with Gasteiger partial charge in [0.1, 0.15) is 11.4 Å². The van der Waals surface area contributed by atoms with E-state index in [1.54, 1.807) is 0 Å². The Hall–Kier alpha value is -0.690. The number of rotatable bonds is 3. The maximum atomic E-state index is 5.94. The highest BCUT2D eigenvalue weighted by atomic mass is 35.5. The molecule has 0 aliphatic heterocycles. The van der Waals surface area contributed by atoms with E-state index in [4.69, 9.17) is 16.3 Å². The fourth-order valence-corrected chi connectivity index (χ4v) is 1.69. The molecule has 1 nitrogen and oxygen atoms in total. The lowest BCUT2D eigenvalue weighted by molar-refractivity contribution is 0.132. The summed E-state index contributed by atoms with van der Waals surface area (Å²) in [6, 6.07) is 4.26. The third-order valence-corrected chi connectivity index (χ3v) is 2.95. The zero-order valence-electron chi connectivity index (χ0n) is 10.1. The first-order valence-electron chi connectivity index (χ1n) is 5.18. The van der Waals surface area contributed by atoms with Crippen LogP contribution in [-0.2, 0) is 0 Å². The molecule has 0 heterocycles. The van der Waals surface area contributed by atoms with Gasteiger partial charge in [-0.1, -0.05) is 17.7 Å². The van der Waals surface area contributed by atoms with Gasteiger partial charge in [-0.2, -0.15) is 0 Å². The van der Waals surface area contributed by atoms with Crippen LogP contribution in [0.3, 0.4) is 0 Å². The predicted octanol–water partition coefficient (Wildman–Crippen LogP) is 4.01. The molecule has 0 atom stereocenters. The molecule has 0 radical (unpaired) electrons. The molecule has 15 heavy (non-hydrogen) atoms. The van der Waals surface area contributed by atoms with Crippen LogP contribution in [0, 0.1) is 20.8 Å². The molecule has 1 rings (SSSR count). The molecule has 84 valence electrons. The SMILES string of the molecule is Cc1cc(C)c(OC(C)(C)CCl)c(C)c1. The van der Waals surface area contributed by atoms with Crippen LogP contribution < -0.4 is 4.74 Å². The molecule has 2 heteroatoms. The lowest BCUT2D eigenvalue weighted by Crippen LogP contribution is -2.30. The topological polar surface area (TPSA) is 9.23 Å². The molecule has 1 aromatic rings. The zero-order chi connectivity index (χ0) is 11.6. The summed E-state index contributed by atoms with van der Waals surface area (Å²) in [6.45, 7) is 10.2. The highest BCUT2D eigenvalue weighted by Gasteiger charge is 2.20. The Kier molecular flexibility index (Phi) is 3.67. The summed E-state index contributed by atoms with van der Waals surface area (Å²) in [5, 5.41) is 0. The summed E-state index contributed by atoms with van der Waals surface area (Å²) < 4.78 is 5.94. The van der Waals surface area contributed by atoms with Crippen LogP contribution in [0.1, 0.15) is 30.5 Å². The Labute approximate surface area is 97.4 Å². The van der Waals surface area contributed by atoms with Crippen molar-refractivity contribution in [1.82, 2.24) is 0 Å². The number of hydrogen-bond acceptors (Lipinski definition) is 1. The van der Waals surface area contributed by atoms with E-state index >= 15 is 0 Å². The minimum Gasteiger partial charge on any atom is -0.486 e. The van der Waals surface area contributed by atoms with E-state index in [2.05, 4.69) is 32.9 Å². The molecular formula is C13H19ClO. The van der Waals surface area contributed by atoms with Crippen LogP contribution in [0.15, 0.2) is 12.1 Å². The van der Waals surface area contributed by atoms with E-state index in [0.29, 0.717) is 5.88 Å². The molecule has 0 fully saturated rings. The van der Waals surface area contributed by atoms with Gasteiger partial charge in [-0.3, -0.25) is 0 Å². The first kappa shape index (κ1) is 12.4. The van der Waals surface area contributed by atoms with E-state index in [1.165, 1.54) is 16.7 Å². The first-order valence-corrected chi connectivity index (χ1v) is 5.72. The Morgan fingerprint density at radius 2 is 1.60 bits per heavy atom. The van der Waals surface area contributed by atoms with Crippen molar-refractivity contribution < 1.29 is 4.74 Å². The Bertz CT molecular complexity index is 333. The summed E-state index contributed by atoms with van der Waals surface area (Å²) in [4.78, 5) is 0. The van der Waals surface area contributed by atoms with Crippen LogP contribution in [0.5, 0.6) is 5.75 Å². The quantitative estimate of drug-likeness (QED) is 0.708. The van der Waals surface area contributed by atoms with Crippen LogP contribution in [0.2, 0.25) is 0 Å². The normalized spacial score (nSPS) is 11.6. The number of alkyl halides is 1. The monoisotopic (exact) mass is 226 g/mol. The van der Waals surface area contributed by atoms with Gasteiger partial charge in [-0.05, 0) is 45.7 Å². The summed E-state index contributed by atoms with van der Waals surface area (Å²) in [5.41, 5.74) is 3.30. The molecule has 0 N–H and O–H groups in total. The van der Waals surface area contributed by atoms with Gasteiger partial charge >= 0.3 is 0 Å². The van der Waals surface area contributed by atoms with Crippen molar-refractivity contribution in [2.24, 2.45) is 0 Å². The highest BCUT2D eigenvalue weighted by Crippen LogP contribution is 2.28. The molecule has 0 aromatic heterocycles. The average Bonchev–Trinajstić information content (AvgIpc) is 2.11. The second-order valence-electron chi connectivity index (χ2n) is 4.72. The van der Waals surface area contributed by atoms with Gasteiger partial charge in [0.25, 0.3) is 0 Å². The summed E-state index contributed by atoms with van der Waals surface area (Å²) in [5.74, 6) is 1.45. The minimum atomic E-state index is -0.313. The number of ether oxygens (including phenoxy) is 1. The molecule has 0 unspecified atom stereocenters. The minimum absolute atomic E-state index is 0.313. The molecule has 0 saturated heterocycles. The van der Waals surface area contributed by atoms with Gasteiger partial charge in [-0.15, -0.1) is 11.6 Å². The van der Waals surface area contributed by atoms with E-state index in [1.807, 2.05) is 13.8 Å². The maximum Gasteiger partial charge on any atom is 0.126 e. The van der Waals surface area contributed by atoms with Crippen LogP contribution >= 0.6 is 11.6 Å². The van der Waals surface area contributed by atoms with Crippen LogP contribution in [0.25, 0.3) is 0 Å². The van der Waals surface area contributed by atoms with E-state index in [0.717, 1.165) is 5.75 Å². The number of halogens is 1. The largest absolute Gasteiger partial charge is 0.486 e. The Balaban J connectivity index is 3.05. The molecule has 1 aromatic carbocycles. The van der Waals surface area contributed by atoms with Crippen LogP contribution in [-0.4, -0.2) is 11.5 Å². The second kappa shape index (κ2) is 4.44. The summed E-state index contributed by atoms with van der Waals surface area (Å²) in [7, 11) is 0. The fourth-order valence-electron chi connectivity index (χ4n) is 1.63. The van der Waals surface area contributed by atoms with Crippen molar-refractivity contribution in [3.63, 3.8) is 0 Å². The van der Waals surface area contributed by atoms with Gasteiger partial charge in [0.15, 0.2) is 0 Å². The molecule has 0 saturated carbocycles. The van der Waals surface area contributed by atoms with Crippen molar-refractivity contribution in [3.8, 4) is 5.75 Å². The van der Waals surface area contributed by atoms with Crippen LogP contribution in [0.4, 0.5) is 0 Å². The van der Waals surface area contributed by atoms with Crippen molar-refractivity contribution in [1.29, 1.82) is 0 Å². The number of aryl methyl sites for hydroxylation is 3. The van der Waals surface area contributed by atoms with E-state index in [-0.39, 0.29) is 5.60 Å². The lowest BCUT2D eigenvalue weighted by Gasteiger charge is -2.26. The molecule has 0 aliphatic carbocycles. The first-order chi connectivity index (χ1) is 6.85. The number of hydrogen-bond donors (Lipinski definition) is 0. The van der Waals surface area contributed by atoms with Crippen molar-refractivity contribution in [3.05, 3.63) is 28.8 Å². The highest BCUT2D eigenvalue weighted by molar-refractivity contribution is 6.18. The molecule has 0 amide bonds. The zero-order valence-corrected chi connectivity index (χ0v) is 10.9. The van der Waals surface area contributed by atoms with Crippen molar-refractivity contribution in [2.75, 3.05) is 5.88 Å². The Morgan fingerprint density at radius 3 is 2.00 bits per heavy atom. The fraction of sp³-hybridized carbons (Fsp3) is 0.538. The average molecular weight is 227 g/mol. The summed E-state index contributed by atoms with van der Waals surface area (Å²) in [6.07, 6.45) is 0. The predicted molar refractivity (Wildman–Crippen MR) is 66.1 cm³/mol. The van der Waals surface area contributed by atoms with Crippen molar-refractivity contribution in [2.45, 2.75) is 40.2 Å². The third-order valence-electron chi connectivity index (χ3n) is 2.30.